The van der Waals surface area contributed by atoms with E-state index in [4.69, 9.17) is 0 Å². The van der Waals surface area contributed by atoms with Crippen molar-refractivity contribution in [2.24, 2.45) is 11.8 Å². The van der Waals surface area contributed by atoms with Crippen LogP contribution in [0.15, 0.2) is 18.2 Å². The molecular formula is C18H20F6N2O2. The van der Waals surface area contributed by atoms with Crippen molar-refractivity contribution in [2.75, 3.05) is 13.1 Å². The van der Waals surface area contributed by atoms with E-state index in [0.717, 1.165) is 4.90 Å². The van der Waals surface area contributed by atoms with E-state index in [9.17, 15) is 35.9 Å². The number of rotatable bonds is 5. The molecule has 2 amide bonds. The summed E-state index contributed by atoms with van der Waals surface area (Å²) in [4.78, 5) is 25.3. The molecule has 0 saturated carbocycles. The number of halogens is 6. The smallest absolute Gasteiger partial charge is 0.356 e. The van der Waals surface area contributed by atoms with E-state index < -0.39 is 41.8 Å². The largest absolute Gasteiger partial charge is 0.416 e. The predicted molar refractivity (Wildman–Crippen MR) is 87.8 cm³/mol. The number of likely N-dealkylation sites (tertiary alicyclic amines) is 1. The Bertz CT molecular complexity index is 710. The minimum absolute atomic E-state index is 0.0392. The lowest BCUT2D eigenvalue weighted by molar-refractivity contribution is -0.143. The topological polar surface area (TPSA) is 49.4 Å². The van der Waals surface area contributed by atoms with Gasteiger partial charge in [0.2, 0.25) is 11.8 Å². The number of benzene rings is 1. The monoisotopic (exact) mass is 410 g/mol. The average Bonchev–Trinajstić information content (AvgIpc) is 2.91. The van der Waals surface area contributed by atoms with Crippen LogP contribution in [0.5, 0.6) is 0 Å². The first-order valence-corrected chi connectivity index (χ1v) is 8.61. The van der Waals surface area contributed by atoms with Crippen LogP contribution in [0.4, 0.5) is 26.3 Å². The molecule has 156 valence electrons. The summed E-state index contributed by atoms with van der Waals surface area (Å²) in [6, 6.07) is 1.22. The molecule has 1 aromatic carbocycles. The number of carbonyl (C=O) groups is 2. The summed E-state index contributed by atoms with van der Waals surface area (Å²) < 4.78 is 77.7. The van der Waals surface area contributed by atoms with Gasteiger partial charge in [0.15, 0.2) is 0 Å². The van der Waals surface area contributed by atoms with E-state index >= 15 is 0 Å². The molecule has 0 radical (unpaired) electrons. The summed E-state index contributed by atoms with van der Waals surface area (Å²) >= 11 is 0. The summed E-state index contributed by atoms with van der Waals surface area (Å²) in [6.07, 6.45) is -10.0. The highest BCUT2D eigenvalue weighted by molar-refractivity contribution is 5.89. The van der Waals surface area contributed by atoms with Crippen LogP contribution in [0.1, 0.15) is 37.0 Å². The van der Waals surface area contributed by atoms with Crippen LogP contribution in [-0.4, -0.2) is 29.8 Å². The lowest BCUT2D eigenvalue weighted by Gasteiger charge is -2.19. The molecule has 0 spiro atoms. The van der Waals surface area contributed by atoms with Crippen molar-refractivity contribution in [3.63, 3.8) is 0 Å². The molecule has 1 atom stereocenters. The lowest BCUT2D eigenvalue weighted by Crippen LogP contribution is -2.34. The zero-order valence-electron chi connectivity index (χ0n) is 15.2. The van der Waals surface area contributed by atoms with Crippen LogP contribution in [-0.2, 0) is 28.5 Å². The number of nitrogens with zero attached hydrogens (tertiary/aromatic N) is 1. The van der Waals surface area contributed by atoms with Gasteiger partial charge in [-0.2, -0.15) is 26.3 Å². The van der Waals surface area contributed by atoms with E-state index in [0.29, 0.717) is 18.7 Å². The van der Waals surface area contributed by atoms with Gasteiger partial charge >= 0.3 is 12.4 Å². The second-order valence-corrected chi connectivity index (χ2v) is 7.23. The molecule has 2 rings (SSSR count). The van der Waals surface area contributed by atoms with Crippen molar-refractivity contribution in [2.45, 2.75) is 39.2 Å². The number of hydrogen-bond acceptors (Lipinski definition) is 2. The Morgan fingerprint density at radius 2 is 1.64 bits per heavy atom. The molecule has 0 aromatic heterocycles. The van der Waals surface area contributed by atoms with Gasteiger partial charge in [0, 0.05) is 26.1 Å². The van der Waals surface area contributed by atoms with Crippen molar-refractivity contribution >= 4 is 11.8 Å². The van der Waals surface area contributed by atoms with Crippen LogP contribution in [0.2, 0.25) is 0 Å². The number of hydrogen-bond donors (Lipinski definition) is 1. The van der Waals surface area contributed by atoms with Crippen molar-refractivity contribution in [3.8, 4) is 0 Å². The average molecular weight is 410 g/mol. The van der Waals surface area contributed by atoms with Crippen molar-refractivity contribution in [1.82, 2.24) is 10.2 Å². The number of carbonyl (C=O) groups excluding carboxylic acids is 2. The standard InChI is InChI=1S/C18H20F6N2O2/c1-10(2)7-25-16(28)12-5-15(27)26(9-12)8-11-3-13(17(19,20)21)6-14(4-11)18(22,23)24/h3-4,6,10,12H,5,7-9H2,1-2H3,(H,25,28)/t12-/m0/s1. The molecule has 0 bridgehead atoms. The van der Waals surface area contributed by atoms with Crippen molar-refractivity contribution < 1.29 is 35.9 Å². The Morgan fingerprint density at radius 3 is 2.11 bits per heavy atom. The quantitative estimate of drug-likeness (QED) is 0.750. The maximum absolute atomic E-state index is 12.9. The maximum atomic E-state index is 12.9. The van der Waals surface area contributed by atoms with Crippen LogP contribution in [0.25, 0.3) is 0 Å². The molecular weight excluding hydrogens is 390 g/mol. The van der Waals surface area contributed by atoms with Crippen LogP contribution in [0.3, 0.4) is 0 Å². The minimum Gasteiger partial charge on any atom is -0.356 e. The zero-order chi connectivity index (χ0) is 21.3. The van der Waals surface area contributed by atoms with Gasteiger partial charge in [-0.15, -0.1) is 0 Å². The fourth-order valence-electron chi connectivity index (χ4n) is 2.88. The second-order valence-electron chi connectivity index (χ2n) is 7.23. The molecule has 1 N–H and O–H groups in total. The fraction of sp³-hybridized carbons (Fsp3) is 0.556. The van der Waals surface area contributed by atoms with E-state index in [1.165, 1.54) is 0 Å². The summed E-state index contributed by atoms with van der Waals surface area (Å²) in [5.41, 5.74) is -3.16. The third kappa shape index (κ3) is 5.62. The van der Waals surface area contributed by atoms with Gasteiger partial charge in [0.05, 0.1) is 17.0 Å². The molecule has 0 aliphatic carbocycles. The number of nitrogens with one attached hydrogen (secondary N) is 1. The highest BCUT2D eigenvalue weighted by atomic mass is 19.4. The van der Waals surface area contributed by atoms with Crippen LogP contribution in [0, 0.1) is 11.8 Å². The number of amides is 2. The van der Waals surface area contributed by atoms with E-state index in [1.807, 2.05) is 13.8 Å². The van der Waals surface area contributed by atoms with Gasteiger partial charge in [0.1, 0.15) is 0 Å². The first-order valence-electron chi connectivity index (χ1n) is 8.61. The Hall–Kier alpha value is -2.26. The summed E-state index contributed by atoms with van der Waals surface area (Å²) in [7, 11) is 0. The van der Waals surface area contributed by atoms with E-state index in [1.54, 1.807) is 0 Å². The van der Waals surface area contributed by atoms with Gasteiger partial charge < -0.3 is 10.2 Å². The lowest BCUT2D eigenvalue weighted by atomic mass is 10.0. The molecule has 4 nitrogen and oxygen atoms in total. The maximum Gasteiger partial charge on any atom is 0.416 e. The van der Waals surface area contributed by atoms with Gasteiger partial charge in [-0.05, 0) is 29.7 Å². The Kier molecular flexibility index (Phi) is 6.30. The van der Waals surface area contributed by atoms with Crippen LogP contribution < -0.4 is 5.32 Å². The van der Waals surface area contributed by atoms with Gasteiger partial charge in [-0.3, -0.25) is 9.59 Å². The predicted octanol–water partition coefficient (Wildman–Crippen LogP) is 3.84. The normalized spacial score (nSPS) is 18.1. The highest BCUT2D eigenvalue weighted by Crippen LogP contribution is 2.36. The molecule has 1 aliphatic rings. The molecule has 28 heavy (non-hydrogen) atoms. The Morgan fingerprint density at radius 1 is 1.11 bits per heavy atom. The van der Waals surface area contributed by atoms with Gasteiger partial charge in [0.25, 0.3) is 0 Å². The zero-order valence-corrected chi connectivity index (χ0v) is 15.2. The molecule has 1 fully saturated rings. The first kappa shape index (κ1) is 22.0. The fourth-order valence-corrected chi connectivity index (χ4v) is 2.88. The molecule has 1 aromatic rings. The highest BCUT2D eigenvalue weighted by Gasteiger charge is 2.38. The van der Waals surface area contributed by atoms with Crippen molar-refractivity contribution in [1.29, 1.82) is 0 Å². The summed E-state index contributed by atoms with van der Waals surface area (Å²) in [5, 5.41) is 2.67. The molecule has 1 aliphatic heterocycles. The Labute approximate surface area is 157 Å². The molecule has 1 saturated heterocycles. The SMILES string of the molecule is CC(C)CNC(=O)[C@H]1CC(=O)N(Cc2cc(C(F)(F)F)cc(C(F)(F)F)c2)C1. The molecule has 10 heteroatoms. The van der Waals surface area contributed by atoms with E-state index in [2.05, 4.69) is 5.32 Å². The third-order valence-corrected chi connectivity index (χ3v) is 4.29. The third-order valence-electron chi connectivity index (χ3n) is 4.29. The summed E-state index contributed by atoms with van der Waals surface area (Å²) in [6.45, 7) is 3.70. The molecule has 1 heterocycles. The number of alkyl halides is 6. The van der Waals surface area contributed by atoms with Gasteiger partial charge in [-0.1, -0.05) is 13.8 Å². The van der Waals surface area contributed by atoms with Crippen LogP contribution >= 0.6 is 0 Å². The second kappa shape index (κ2) is 8.00. The van der Waals surface area contributed by atoms with Gasteiger partial charge in [-0.25, -0.2) is 0 Å². The Balaban J connectivity index is 2.18. The van der Waals surface area contributed by atoms with Crippen molar-refractivity contribution in [3.05, 3.63) is 34.9 Å². The minimum atomic E-state index is -4.95. The first-order chi connectivity index (χ1) is 12.8. The summed E-state index contributed by atoms with van der Waals surface area (Å²) in [5.74, 6) is -1.33. The van der Waals surface area contributed by atoms with E-state index in [-0.39, 0.29) is 36.4 Å². The molecule has 0 unspecified atom stereocenters.